The molecule has 1 saturated heterocycles. The van der Waals surface area contributed by atoms with Crippen molar-refractivity contribution >= 4 is 33.8 Å². The minimum Gasteiger partial charge on any atom is -0.382 e. The molecule has 0 atom stereocenters. The number of rotatable bonds is 7. The van der Waals surface area contributed by atoms with Crippen molar-refractivity contribution in [2.24, 2.45) is 0 Å². The van der Waals surface area contributed by atoms with Gasteiger partial charge >= 0.3 is 0 Å². The molecule has 4 rings (SSSR count). The highest BCUT2D eigenvalue weighted by Crippen LogP contribution is 2.34. The van der Waals surface area contributed by atoms with Crippen molar-refractivity contribution in [2.45, 2.75) is 37.8 Å². The molecule has 0 aromatic carbocycles. The minimum atomic E-state index is -0.308. The first-order valence-electron chi connectivity index (χ1n) is 10.2. The van der Waals surface area contributed by atoms with Crippen LogP contribution in [0.4, 0.5) is 15.2 Å². The molecular weight excluding hydrogens is 413 g/mol. The molecule has 2 aliphatic rings. The Balaban J connectivity index is 1.45. The summed E-state index contributed by atoms with van der Waals surface area (Å²) in [5, 5.41) is 10.5. The van der Waals surface area contributed by atoms with E-state index in [2.05, 4.69) is 25.9 Å². The third-order valence-corrected chi connectivity index (χ3v) is 6.64. The van der Waals surface area contributed by atoms with Crippen LogP contribution in [0.25, 0.3) is 11.3 Å². The fourth-order valence-corrected chi connectivity index (χ4v) is 5.00. The number of ether oxygens (including phenoxy) is 1. The van der Waals surface area contributed by atoms with Crippen LogP contribution in [0.3, 0.4) is 0 Å². The van der Waals surface area contributed by atoms with E-state index in [1.165, 1.54) is 0 Å². The lowest BCUT2D eigenvalue weighted by Gasteiger charge is -2.30. The van der Waals surface area contributed by atoms with Crippen molar-refractivity contribution in [2.75, 3.05) is 49.7 Å². The van der Waals surface area contributed by atoms with E-state index in [9.17, 15) is 4.39 Å². The van der Waals surface area contributed by atoms with Gasteiger partial charge in [0.25, 0.3) is 0 Å². The Kier molecular flexibility index (Phi) is 7.18. The van der Waals surface area contributed by atoms with Gasteiger partial charge in [0, 0.05) is 54.5 Å². The van der Waals surface area contributed by atoms with Crippen LogP contribution in [0.5, 0.6) is 0 Å². The smallest absolute Gasteiger partial charge is 0.186 e. The number of hydrogen-bond acceptors (Lipinski definition) is 7. The van der Waals surface area contributed by atoms with E-state index in [1.807, 2.05) is 6.07 Å². The molecular formula is C20H27ClFN5OS. The number of nitrogens with zero attached hydrogens (tertiary/aromatic N) is 3. The van der Waals surface area contributed by atoms with E-state index < -0.39 is 0 Å². The molecule has 29 heavy (non-hydrogen) atoms. The van der Waals surface area contributed by atoms with E-state index in [-0.39, 0.29) is 6.67 Å². The van der Waals surface area contributed by atoms with Crippen LogP contribution in [-0.4, -0.2) is 61.6 Å². The van der Waals surface area contributed by atoms with Crippen LogP contribution in [0.15, 0.2) is 17.6 Å². The van der Waals surface area contributed by atoms with E-state index in [1.54, 1.807) is 17.5 Å². The van der Waals surface area contributed by atoms with Gasteiger partial charge in [0.15, 0.2) is 5.13 Å². The zero-order chi connectivity index (χ0) is 20.1. The standard InChI is InChI=1S/C20H27ClFN5OS/c21-19-11-17(25-15-3-1-14(2-4-15)23-6-5-22)16(12-24-19)18-13-29-20(26-18)27-7-9-28-10-8-27/h11-15,23H,1-10H2,(H,24,25). The number of hydrogen-bond donors (Lipinski definition) is 2. The molecule has 0 amide bonds. The van der Waals surface area contributed by atoms with Gasteiger partial charge < -0.3 is 20.3 Å². The molecule has 0 spiro atoms. The lowest BCUT2D eigenvalue weighted by molar-refractivity contribution is 0.122. The molecule has 1 saturated carbocycles. The molecule has 0 bridgehead atoms. The van der Waals surface area contributed by atoms with E-state index in [4.69, 9.17) is 21.3 Å². The number of alkyl halides is 1. The highest BCUT2D eigenvalue weighted by Gasteiger charge is 2.22. The first-order valence-corrected chi connectivity index (χ1v) is 11.5. The first-order chi connectivity index (χ1) is 14.2. The second-order valence-electron chi connectivity index (χ2n) is 7.50. The molecule has 3 heterocycles. The summed E-state index contributed by atoms with van der Waals surface area (Å²) in [6.45, 7) is 3.37. The molecule has 2 N–H and O–H groups in total. The van der Waals surface area contributed by atoms with Gasteiger partial charge in [-0.05, 0) is 31.7 Å². The number of pyridine rings is 1. The average molecular weight is 440 g/mol. The Morgan fingerprint density at radius 2 is 1.97 bits per heavy atom. The molecule has 0 radical (unpaired) electrons. The van der Waals surface area contributed by atoms with Gasteiger partial charge in [0.2, 0.25) is 0 Å². The van der Waals surface area contributed by atoms with Crippen LogP contribution in [0, 0.1) is 0 Å². The fraction of sp³-hybridized carbons (Fsp3) is 0.600. The number of thiazole rings is 1. The quantitative estimate of drug-likeness (QED) is 0.636. The summed E-state index contributed by atoms with van der Waals surface area (Å²) in [7, 11) is 0. The second kappa shape index (κ2) is 10.0. The molecule has 9 heteroatoms. The Labute approximate surface area is 179 Å². The van der Waals surface area contributed by atoms with Gasteiger partial charge in [-0.3, -0.25) is 0 Å². The molecule has 2 fully saturated rings. The van der Waals surface area contributed by atoms with Crippen molar-refractivity contribution in [1.82, 2.24) is 15.3 Å². The molecule has 0 unspecified atom stereocenters. The van der Waals surface area contributed by atoms with Crippen molar-refractivity contribution in [3.8, 4) is 11.3 Å². The zero-order valence-electron chi connectivity index (χ0n) is 16.4. The van der Waals surface area contributed by atoms with Crippen molar-refractivity contribution < 1.29 is 9.13 Å². The zero-order valence-corrected chi connectivity index (χ0v) is 17.9. The maximum absolute atomic E-state index is 12.4. The number of aromatic nitrogens is 2. The highest BCUT2D eigenvalue weighted by atomic mass is 35.5. The summed E-state index contributed by atoms with van der Waals surface area (Å²) in [4.78, 5) is 11.4. The monoisotopic (exact) mass is 439 g/mol. The Morgan fingerprint density at radius 1 is 1.21 bits per heavy atom. The summed E-state index contributed by atoms with van der Waals surface area (Å²) in [6, 6.07) is 2.67. The molecule has 2 aromatic rings. The lowest BCUT2D eigenvalue weighted by atomic mass is 9.91. The summed E-state index contributed by atoms with van der Waals surface area (Å²) >= 11 is 7.84. The van der Waals surface area contributed by atoms with E-state index in [0.29, 0.717) is 23.8 Å². The third-order valence-electron chi connectivity index (χ3n) is 5.53. The largest absolute Gasteiger partial charge is 0.382 e. The van der Waals surface area contributed by atoms with Gasteiger partial charge in [-0.2, -0.15) is 0 Å². The molecule has 158 valence electrons. The third kappa shape index (κ3) is 5.36. The van der Waals surface area contributed by atoms with Gasteiger partial charge in [-0.25, -0.2) is 14.4 Å². The molecule has 1 aliphatic carbocycles. The van der Waals surface area contributed by atoms with Crippen molar-refractivity contribution in [1.29, 1.82) is 0 Å². The molecule has 6 nitrogen and oxygen atoms in total. The van der Waals surface area contributed by atoms with Gasteiger partial charge in [-0.1, -0.05) is 11.6 Å². The van der Waals surface area contributed by atoms with Crippen molar-refractivity contribution in [3.05, 3.63) is 22.8 Å². The number of anilines is 2. The summed E-state index contributed by atoms with van der Waals surface area (Å²) in [5.74, 6) is 0. The van der Waals surface area contributed by atoms with E-state index >= 15 is 0 Å². The Morgan fingerprint density at radius 3 is 2.72 bits per heavy atom. The second-order valence-corrected chi connectivity index (χ2v) is 8.73. The fourth-order valence-electron chi connectivity index (χ4n) is 3.96. The van der Waals surface area contributed by atoms with Crippen LogP contribution in [0.1, 0.15) is 25.7 Å². The maximum Gasteiger partial charge on any atom is 0.186 e. The van der Waals surface area contributed by atoms with Crippen LogP contribution < -0.4 is 15.5 Å². The van der Waals surface area contributed by atoms with Crippen LogP contribution >= 0.6 is 22.9 Å². The van der Waals surface area contributed by atoms with Gasteiger partial charge in [0.05, 0.1) is 18.9 Å². The lowest BCUT2D eigenvalue weighted by Crippen LogP contribution is -2.37. The molecule has 2 aromatic heterocycles. The molecule has 1 aliphatic heterocycles. The average Bonchev–Trinajstić information content (AvgIpc) is 3.24. The van der Waals surface area contributed by atoms with E-state index in [0.717, 1.165) is 74.1 Å². The number of morpholine rings is 1. The number of halogens is 2. The summed E-state index contributed by atoms with van der Waals surface area (Å²) < 4.78 is 17.8. The summed E-state index contributed by atoms with van der Waals surface area (Å²) in [5.41, 5.74) is 2.87. The Bertz CT molecular complexity index is 793. The highest BCUT2D eigenvalue weighted by molar-refractivity contribution is 7.14. The Hall–Kier alpha value is -1.48. The van der Waals surface area contributed by atoms with Crippen LogP contribution in [0.2, 0.25) is 5.15 Å². The summed E-state index contributed by atoms with van der Waals surface area (Å²) in [6.07, 6.45) is 5.98. The van der Waals surface area contributed by atoms with Crippen molar-refractivity contribution in [3.63, 3.8) is 0 Å². The predicted octanol–water partition coefficient (Wildman–Crippen LogP) is 3.98. The van der Waals surface area contributed by atoms with Crippen LogP contribution in [-0.2, 0) is 4.74 Å². The normalized spacial score (nSPS) is 22.6. The maximum atomic E-state index is 12.4. The number of nitrogens with one attached hydrogen (secondary N) is 2. The topological polar surface area (TPSA) is 62.3 Å². The van der Waals surface area contributed by atoms with Gasteiger partial charge in [-0.15, -0.1) is 11.3 Å². The first kappa shape index (κ1) is 20.8. The van der Waals surface area contributed by atoms with Gasteiger partial charge in [0.1, 0.15) is 11.8 Å². The predicted molar refractivity (Wildman–Crippen MR) is 117 cm³/mol. The SMILES string of the molecule is FCCNC1CCC(Nc2cc(Cl)ncc2-c2csc(N3CCOCC3)n2)CC1. The minimum absolute atomic E-state index is 0.308.